The Balaban J connectivity index is 1.86. The van der Waals surface area contributed by atoms with Crippen molar-refractivity contribution in [2.45, 2.75) is 52.7 Å². The van der Waals surface area contributed by atoms with Gasteiger partial charge in [-0.05, 0) is 19.8 Å². The van der Waals surface area contributed by atoms with Crippen LogP contribution in [0.1, 0.15) is 40.5 Å². The number of nitrogens with zero attached hydrogens (tertiary/aromatic N) is 2. The minimum atomic E-state index is -0.368. The Morgan fingerprint density at radius 3 is 2.60 bits per heavy atom. The first kappa shape index (κ1) is 20.0. The maximum atomic E-state index is 11.9. The van der Waals surface area contributed by atoms with Gasteiger partial charge < -0.3 is 25.0 Å². The lowest BCUT2D eigenvalue weighted by Gasteiger charge is -2.37. The molecule has 25 heavy (non-hydrogen) atoms. The number of nitrogens with one attached hydrogen (secondary N) is 2. The number of ether oxygens (including phenoxy) is 2. The highest BCUT2D eigenvalue weighted by Gasteiger charge is 2.32. The summed E-state index contributed by atoms with van der Waals surface area (Å²) in [4.78, 5) is 18.8. The average molecular weight is 354 g/mol. The summed E-state index contributed by atoms with van der Waals surface area (Å²) in [6, 6.07) is 0. The monoisotopic (exact) mass is 354 g/mol. The van der Waals surface area contributed by atoms with Crippen molar-refractivity contribution in [3.63, 3.8) is 0 Å². The molecule has 2 atom stereocenters. The molecule has 0 aromatic rings. The van der Waals surface area contributed by atoms with Gasteiger partial charge in [-0.15, -0.1) is 0 Å². The summed E-state index contributed by atoms with van der Waals surface area (Å²) in [5.41, 5.74) is -0.368. The zero-order valence-electron chi connectivity index (χ0n) is 16.1. The third-order valence-electron chi connectivity index (χ3n) is 4.45. The number of morpholine rings is 1. The molecule has 7 nitrogen and oxygen atoms in total. The largest absolute Gasteiger partial charge is 0.375 e. The molecule has 2 N–H and O–H groups in total. The number of hydrogen-bond acceptors (Lipinski definition) is 4. The second kappa shape index (κ2) is 9.38. The van der Waals surface area contributed by atoms with Crippen LogP contribution < -0.4 is 10.6 Å². The van der Waals surface area contributed by atoms with Crippen molar-refractivity contribution in [1.82, 2.24) is 15.5 Å². The van der Waals surface area contributed by atoms with Crippen LogP contribution in [0, 0.1) is 5.41 Å². The quantitative estimate of drug-likeness (QED) is 0.438. The van der Waals surface area contributed by atoms with Crippen molar-refractivity contribution in [1.29, 1.82) is 0 Å². The summed E-state index contributed by atoms with van der Waals surface area (Å²) >= 11 is 0. The number of amides is 1. The van der Waals surface area contributed by atoms with Crippen molar-refractivity contribution in [3.8, 4) is 0 Å². The highest BCUT2D eigenvalue weighted by atomic mass is 16.5. The van der Waals surface area contributed by atoms with Crippen molar-refractivity contribution in [2.75, 3.05) is 45.9 Å². The number of rotatable bonds is 5. The lowest BCUT2D eigenvalue weighted by Crippen LogP contribution is -2.53. The van der Waals surface area contributed by atoms with E-state index in [9.17, 15) is 4.79 Å². The van der Waals surface area contributed by atoms with E-state index in [0.717, 1.165) is 45.0 Å². The zero-order chi connectivity index (χ0) is 18.3. The van der Waals surface area contributed by atoms with E-state index >= 15 is 0 Å². The summed E-state index contributed by atoms with van der Waals surface area (Å²) < 4.78 is 11.7. The Bertz CT molecular complexity index is 456. The summed E-state index contributed by atoms with van der Waals surface area (Å²) in [5.74, 6) is 0.941. The van der Waals surface area contributed by atoms with E-state index in [2.05, 4.69) is 27.4 Å². The maximum Gasteiger partial charge on any atom is 0.225 e. The molecule has 2 fully saturated rings. The molecule has 1 amide bonds. The van der Waals surface area contributed by atoms with Crippen LogP contribution in [0.2, 0.25) is 0 Å². The third kappa shape index (κ3) is 6.15. The Labute approximate surface area is 151 Å². The topological polar surface area (TPSA) is 75.2 Å². The minimum Gasteiger partial charge on any atom is -0.375 e. The van der Waals surface area contributed by atoms with Crippen LogP contribution in [0.5, 0.6) is 0 Å². The van der Waals surface area contributed by atoms with Gasteiger partial charge >= 0.3 is 0 Å². The molecule has 0 saturated carbocycles. The van der Waals surface area contributed by atoms with Crippen LogP contribution in [0.25, 0.3) is 0 Å². The molecule has 2 unspecified atom stereocenters. The minimum absolute atomic E-state index is 0.0533. The number of guanidine groups is 1. The summed E-state index contributed by atoms with van der Waals surface area (Å²) in [7, 11) is 0. The van der Waals surface area contributed by atoms with Gasteiger partial charge in [-0.2, -0.15) is 0 Å². The average Bonchev–Trinajstić information content (AvgIpc) is 3.11. The van der Waals surface area contributed by atoms with E-state index in [-0.39, 0.29) is 23.5 Å². The van der Waals surface area contributed by atoms with E-state index in [1.807, 2.05) is 20.8 Å². The van der Waals surface area contributed by atoms with Gasteiger partial charge in [-0.25, -0.2) is 0 Å². The molecule has 2 saturated heterocycles. The lowest BCUT2D eigenvalue weighted by molar-refractivity contribution is -0.128. The molecule has 0 aromatic carbocycles. The predicted octanol–water partition coefficient (Wildman–Crippen LogP) is 0.994. The highest BCUT2D eigenvalue weighted by molar-refractivity contribution is 5.81. The van der Waals surface area contributed by atoms with E-state index in [1.54, 1.807) is 0 Å². The molecule has 7 heteroatoms. The first-order valence-electron chi connectivity index (χ1n) is 9.46. The van der Waals surface area contributed by atoms with Crippen LogP contribution in [-0.2, 0) is 14.3 Å². The molecular weight excluding hydrogens is 320 g/mol. The lowest BCUT2D eigenvalue weighted by atomic mass is 9.96. The zero-order valence-corrected chi connectivity index (χ0v) is 16.1. The summed E-state index contributed by atoms with van der Waals surface area (Å²) in [6.07, 6.45) is 2.51. The fourth-order valence-corrected chi connectivity index (χ4v) is 3.01. The molecule has 0 aliphatic carbocycles. The third-order valence-corrected chi connectivity index (χ3v) is 4.45. The number of hydrogen-bond donors (Lipinski definition) is 2. The molecule has 144 valence electrons. The predicted molar refractivity (Wildman–Crippen MR) is 98.7 cm³/mol. The second-order valence-corrected chi connectivity index (χ2v) is 7.65. The van der Waals surface area contributed by atoms with Crippen molar-refractivity contribution in [2.24, 2.45) is 10.4 Å². The Hall–Kier alpha value is -1.34. The summed E-state index contributed by atoms with van der Waals surface area (Å²) in [5, 5.41) is 6.29. The van der Waals surface area contributed by atoms with E-state index in [0.29, 0.717) is 19.7 Å². The van der Waals surface area contributed by atoms with Crippen LogP contribution in [0.4, 0.5) is 0 Å². The fraction of sp³-hybridized carbons (Fsp3) is 0.889. The second-order valence-electron chi connectivity index (χ2n) is 7.65. The van der Waals surface area contributed by atoms with Gasteiger partial charge in [0.15, 0.2) is 5.96 Å². The maximum absolute atomic E-state index is 11.9. The van der Waals surface area contributed by atoms with Gasteiger partial charge in [0.1, 0.15) is 6.10 Å². The molecule has 2 heterocycles. The molecule has 0 aromatic heterocycles. The van der Waals surface area contributed by atoms with Gasteiger partial charge in [-0.1, -0.05) is 20.8 Å². The highest BCUT2D eigenvalue weighted by Crippen LogP contribution is 2.21. The van der Waals surface area contributed by atoms with Crippen LogP contribution in [0.15, 0.2) is 4.99 Å². The smallest absolute Gasteiger partial charge is 0.225 e. The fourth-order valence-electron chi connectivity index (χ4n) is 3.01. The van der Waals surface area contributed by atoms with E-state index < -0.39 is 0 Å². The molecule has 2 aliphatic heterocycles. The standard InChI is InChI=1S/C18H34N4O3/c1-5-19-17(21-9-8-20-16(23)18(2,3)4)22-10-12-25-15(13-22)14-7-6-11-24-14/h14-15H,5-13H2,1-4H3,(H,19,21)(H,20,23). The van der Waals surface area contributed by atoms with Gasteiger partial charge in [-0.3, -0.25) is 9.79 Å². The molecule has 0 spiro atoms. The van der Waals surface area contributed by atoms with E-state index in [1.165, 1.54) is 0 Å². The molecule has 0 bridgehead atoms. The first-order valence-corrected chi connectivity index (χ1v) is 9.46. The molecule has 2 rings (SSSR count). The number of carbonyl (C=O) groups excluding carboxylic acids is 1. The van der Waals surface area contributed by atoms with Crippen molar-refractivity contribution in [3.05, 3.63) is 0 Å². The van der Waals surface area contributed by atoms with Crippen molar-refractivity contribution >= 4 is 11.9 Å². The Morgan fingerprint density at radius 1 is 1.20 bits per heavy atom. The van der Waals surface area contributed by atoms with Gasteiger partial charge in [0.25, 0.3) is 0 Å². The summed E-state index contributed by atoms with van der Waals surface area (Å²) in [6.45, 7) is 12.9. The first-order chi connectivity index (χ1) is 11.9. The van der Waals surface area contributed by atoms with Crippen molar-refractivity contribution < 1.29 is 14.3 Å². The van der Waals surface area contributed by atoms with E-state index in [4.69, 9.17) is 9.47 Å². The van der Waals surface area contributed by atoms with Gasteiger partial charge in [0, 0.05) is 38.2 Å². The number of carbonyl (C=O) groups is 1. The molecule has 0 radical (unpaired) electrons. The molecule has 2 aliphatic rings. The van der Waals surface area contributed by atoms with Gasteiger partial charge in [0.2, 0.25) is 5.91 Å². The molecular formula is C18H34N4O3. The Morgan fingerprint density at radius 2 is 1.96 bits per heavy atom. The SMILES string of the molecule is CCNC(=NCCNC(=O)C(C)(C)C)N1CCOC(C2CCCO2)C1. The number of aliphatic imine (C=N–C) groups is 1. The van der Waals surface area contributed by atoms with Crippen LogP contribution in [-0.4, -0.2) is 74.9 Å². The van der Waals surface area contributed by atoms with Crippen LogP contribution >= 0.6 is 0 Å². The van der Waals surface area contributed by atoms with Gasteiger partial charge in [0.05, 0.1) is 19.3 Å². The Kier molecular flexibility index (Phi) is 7.50. The van der Waals surface area contributed by atoms with Crippen LogP contribution in [0.3, 0.4) is 0 Å². The normalized spacial score (nSPS) is 25.1.